The molecule has 5 N–H and O–H groups in total. The molecule has 59 heavy (non-hydrogen) atoms. The molecule has 20 heteroatoms. The van der Waals surface area contributed by atoms with Crippen molar-refractivity contribution in [3.8, 4) is 29.0 Å². The van der Waals surface area contributed by atoms with Gasteiger partial charge in [-0.25, -0.2) is 13.8 Å². The zero-order chi connectivity index (χ0) is 42.0. The van der Waals surface area contributed by atoms with E-state index in [1.165, 1.54) is 11.1 Å². The highest BCUT2D eigenvalue weighted by atomic mass is 32.1. The number of nitrogen functional groups attached to an aromatic ring is 2. The summed E-state index contributed by atoms with van der Waals surface area (Å²) < 4.78 is 119. The Balaban J connectivity index is 1.41. The molecular weight excluding hydrogens is 808 g/mol. The standard InChI is InChI=1S/C39H32F7N9O3S/c1-2-24(56)51-15-23(19-5-3-9-50-34(19)48)55-11-12-57-31-27-30(52-37(53-36(27)55)58-17-38-8-4-10-54(38)16-18(13-38)33(42)43)29(41)26(28(31)39(44,45)46)20-6-7-22(40)32-25(20)21(14-47)35(49)59-32/h2-3,5-7,9,23H,1,4,8,10-13,15-17,49H2,(H2,48,50)(H,51,56). The molecule has 306 valence electrons. The lowest BCUT2D eigenvalue weighted by Crippen LogP contribution is -2.43. The van der Waals surface area contributed by atoms with Crippen LogP contribution in [0.3, 0.4) is 0 Å². The number of ether oxygens (including phenoxy) is 2. The van der Waals surface area contributed by atoms with Crippen molar-refractivity contribution in [2.24, 2.45) is 0 Å². The molecule has 12 nitrogen and oxygen atoms in total. The molecule has 1 amide bonds. The van der Waals surface area contributed by atoms with Gasteiger partial charge in [0.1, 0.15) is 58.6 Å². The van der Waals surface area contributed by atoms with E-state index >= 15 is 22.0 Å². The van der Waals surface area contributed by atoms with Crippen LogP contribution in [0.25, 0.3) is 32.1 Å². The number of thiophene rings is 1. The molecule has 0 spiro atoms. The first-order valence-corrected chi connectivity index (χ1v) is 18.9. The molecule has 2 fully saturated rings. The number of fused-ring (bicyclic) bond motifs is 2. The van der Waals surface area contributed by atoms with E-state index < -0.39 is 87.3 Å². The molecular formula is C39H32F7N9O3S. The van der Waals surface area contributed by atoms with Crippen molar-refractivity contribution in [2.45, 2.75) is 37.0 Å². The van der Waals surface area contributed by atoms with Crippen LogP contribution in [0.1, 0.15) is 42.0 Å². The van der Waals surface area contributed by atoms with Crippen molar-refractivity contribution in [2.75, 3.05) is 55.8 Å². The van der Waals surface area contributed by atoms with Crippen molar-refractivity contribution in [3.05, 3.63) is 83.1 Å². The summed E-state index contributed by atoms with van der Waals surface area (Å²) in [5.41, 5.74) is 7.43. The fraction of sp³-hybridized carbons (Fsp3) is 0.308. The van der Waals surface area contributed by atoms with E-state index in [0.717, 1.165) is 18.2 Å². The maximum absolute atomic E-state index is 17.6. The highest BCUT2D eigenvalue weighted by Crippen LogP contribution is 2.54. The van der Waals surface area contributed by atoms with Crippen molar-refractivity contribution < 1.29 is 45.0 Å². The number of hydrogen-bond donors (Lipinski definition) is 3. The molecule has 2 atom stereocenters. The topological polar surface area (TPSA) is 169 Å². The van der Waals surface area contributed by atoms with E-state index in [9.17, 15) is 18.8 Å². The SMILES string of the molecule is C=CC(=O)NCC(c1cccnc1N)N1CCOc2c(C(F)(F)F)c(-c3ccc(F)c4sc(N)c(C#N)c34)c(F)c3nc(OCC45CCCN4CC(=C(F)F)C5)nc1c23. The summed E-state index contributed by atoms with van der Waals surface area (Å²) in [7, 11) is 0. The van der Waals surface area contributed by atoms with Gasteiger partial charge in [-0.15, -0.1) is 11.3 Å². The summed E-state index contributed by atoms with van der Waals surface area (Å²) in [5, 5.41) is 11.6. The van der Waals surface area contributed by atoms with Gasteiger partial charge in [0, 0.05) is 41.4 Å². The summed E-state index contributed by atoms with van der Waals surface area (Å²) in [6.45, 7) is 2.84. The van der Waals surface area contributed by atoms with E-state index in [4.69, 9.17) is 20.9 Å². The fourth-order valence-electron chi connectivity index (χ4n) is 8.40. The molecule has 3 aliphatic rings. The molecule has 3 aliphatic heterocycles. The quantitative estimate of drug-likeness (QED) is 0.101. The van der Waals surface area contributed by atoms with Gasteiger partial charge in [-0.05, 0) is 49.6 Å². The first-order valence-electron chi connectivity index (χ1n) is 18.1. The molecule has 6 heterocycles. The number of anilines is 3. The van der Waals surface area contributed by atoms with Crippen LogP contribution in [-0.2, 0) is 11.0 Å². The van der Waals surface area contributed by atoms with E-state index in [0.29, 0.717) is 36.3 Å². The van der Waals surface area contributed by atoms with Gasteiger partial charge >= 0.3 is 12.2 Å². The third-order valence-electron chi connectivity index (χ3n) is 11.0. The van der Waals surface area contributed by atoms with E-state index in [1.807, 2.05) is 4.90 Å². The number of alkyl halides is 3. The molecule has 8 rings (SSSR count). The monoisotopic (exact) mass is 839 g/mol. The average molecular weight is 840 g/mol. The Morgan fingerprint density at radius 3 is 2.69 bits per heavy atom. The Bertz CT molecular complexity index is 2640. The predicted molar refractivity (Wildman–Crippen MR) is 205 cm³/mol. The van der Waals surface area contributed by atoms with Crippen molar-refractivity contribution in [1.82, 2.24) is 25.2 Å². The van der Waals surface area contributed by atoms with Gasteiger partial charge < -0.3 is 31.2 Å². The minimum atomic E-state index is -5.34. The Kier molecular flexibility index (Phi) is 9.99. The largest absolute Gasteiger partial charge is 0.490 e. The Morgan fingerprint density at radius 2 is 1.98 bits per heavy atom. The maximum Gasteiger partial charge on any atom is 0.420 e. The molecule has 2 aromatic carbocycles. The minimum absolute atomic E-state index is 0.00398. The van der Waals surface area contributed by atoms with Crippen molar-refractivity contribution >= 4 is 54.9 Å². The number of pyridine rings is 1. The van der Waals surface area contributed by atoms with Crippen molar-refractivity contribution in [1.29, 1.82) is 5.26 Å². The highest BCUT2D eigenvalue weighted by Gasteiger charge is 2.49. The number of nitrogens with zero attached hydrogens (tertiary/aromatic N) is 6. The third kappa shape index (κ3) is 6.67. The molecule has 2 saturated heterocycles. The number of rotatable bonds is 9. The summed E-state index contributed by atoms with van der Waals surface area (Å²) >= 11 is 0.617. The molecule has 0 saturated carbocycles. The molecule has 5 aromatic rings. The number of hydrogen-bond acceptors (Lipinski definition) is 12. The Labute approximate surface area is 334 Å². The van der Waals surface area contributed by atoms with Crippen LogP contribution in [-0.4, -0.2) is 70.7 Å². The Hall–Kier alpha value is -6.20. The summed E-state index contributed by atoms with van der Waals surface area (Å²) in [6.07, 6.45) is -3.59. The zero-order valence-corrected chi connectivity index (χ0v) is 31.5. The molecule has 0 bridgehead atoms. The van der Waals surface area contributed by atoms with Gasteiger partial charge in [-0.2, -0.15) is 37.2 Å². The number of carbonyl (C=O) groups is 1. The fourth-order valence-corrected chi connectivity index (χ4v) is 9.35. The predicted octanol–water partition coefficient (Wildman–Crippen LogP) is 7.25. The number of aromatic nitrogens is 3. The summed E-state index contributed by atoms with van der Waals surface area (Å²) in [4.78, 5) is 28.9. The normalized spacial score (nSPS) is 18.3. The molecule has 3 aromatic heterocycles. The van der Waals surface area contributed by atoms with Crippen LogP contribution < -0.4 is 31.2 Å². The van der Waals surface area contributed by atoms with E-state index in [2.05, 4.69) is 26.8 Å². The highest BCUT2D eigenvalue weighted by molar-refractivity contribution is 7.23. The lowest BCUT2D eigenvalue weighted by Gasteiger charge is -2.33. The average Bonchev–Trinajstić information content (AvgIpc) is 3.83. The van der Waals surface area contributed by atoms with E-state index in [1.54, 1.807) is 18.2 Å². The first-order chi connectivity index (χ1) is 28.2. The van der Waals surface area contributed by atoms with E-state index in [-0.39, 0.29) is 70.5 Å². The van der Waals surface area contributed by atoms with Crippen molar-refractivity contribution in [3.63, 3.8) is 0 Å². The van der Waals surface area contributed by atoms with Gasteiger partial charge in [-0.1, -0.05) is 18.7 Å². The number of nitrogens with two attached hydrogens (primary N) is 2. The van der Waals surface area contributed by atoms with Gasteiger partial charge in [0.25, 0.3) is 6.08 Å². The molecule has 0 aliphatic carbocycles. The zero-order valence-electron chi connectivity index (χ0n) is 30.7. The Morgan fingerprint density at radius 1 is 1.19 bits per heavy atom. The first kappa shape index (κ1) is 39.6. The van der Waals surface area contributed by atoms with Crippen LogP contribution in [0.4, 0.5) is 47.4 Å². The summed E-state index contributed by atoms with van der Waals surface area (Å²) in [6, 6.07) is 5.18. The maximum atomic E-state index is 17.6. The second-order valence-corrected chi connectivity index (χ2v) is 15.3. The third-order valence-corrected chi connectivity index (χ3v) is 12.0. The van der Waals surface area contributed by atoms with Gasteiger partial charge in [0.15, 0.2) is 5.82 Å². The van der Waals surface area contributed by atoms with Gasteiger partial charge in [0.2, 0.25) is 5.91 Å². The van der Waals surface area contributed by atoms with Crippen LogP contribution in [0.2, 0.25) is 0 Å². The van der Waals surface area contributed by atoms with Gasteiger partial charge in [0.05, 0.1) is 33.8 Å². The number of benzene rings is 2. The lowest BCUT2D eigenvalue weighted by molar-refractivity contribution is -0.138. The lowest BCUT2D eigenvalue weighted by atomic mass is 9.91. The number of carbonyl (C=O) groups excluding carboxylic acids is 1. The number of nitriles is 1. The second-order valence-electron chi connectivity index (χ2n) is 14.3. The van der Waals surface area contributed by atoms with Crippen LogP contribution >= 0.6 is 11.3 Å². The second kappa shape index (κ2) is 14.9. The molecule has 0 radical (unpaired) electrons. The number of amides is 1. The molecule has 2 unspecified atom stereocenters. The number of nitrogens with one attached hydrogen (secondary N) is 1. The smallest absolute Gasteiger partial charge is 0.420 e. The summed E-state index contributed by atoms with van der Waals surface area (Å²) in [5.74, 6) is -4.21. The van der Waals surface area contributed by atoms with Crippen LogP contribution in [0.5, 0.6) is 11.8 Å². The minimum Gasteiger partial charge on any atom is -0.490 e. The van der Waals surface area contributed by atoms with Gasteiger partial charge in [-0.3, -0.25) is 9.69 Å². The van der Waals surface area contributed by atoms with Crippen LogP contribution in [0, 0.1) is 23.0 Å². The van der Waals surface area contributed by atoms with Crippen LogP contribution in [0.15, 0.2) is 54.8 Å². The number of halogens is 7.